The summed E-state index contributed by atoms with van der Waals surface area (Å²) in [5.41, 5.74) is 0.906. The highest BCUT2D eigenvalue weighted by Gasteiger charge is 2.05. The molecule has 0 atom stereocenters. The van der Waals surface area contributed by atoms with Crippen LogP contribution in [-0.4, -0.2) is 14.5 Å². The summed E-state index contributed by atoms with van der Waals surface area (Å²) < 4.78 is 1.90. The molecular weight excluding hydrogens is 182 g/mol. The molecule has 0 amide bonds. The Morgan fingerprint density at radius 3 is 3.07 bits per heavy atom. The van der Waals surface area contributed by atoms with Crippen molar-refractivity contribution in [2.24, 2.45) is 0 Å². The Morgan fingerprint density at radius 1 is 1.79 bits per heavy atom. The number of rotatable bonds is 4. The van der Waals surface area contributed by atoms with Crippen LogP contribution < -0.4 is 0 Å². The molecule has 0 unspecified atom stereocenters. The number of nitrogens with zero attached hydrogens (tertiary/aromatic N) is 3. The van der Waals surface area contributed by atoms with E-state index in [1.54, 1.807) is 12.5 Å². The van der Waals surface area contributed by atoms with Crippen molar-refractivity contribution in [1.29, 1.82) is 0 Å². The molecule has 1 rings (SSSR count). The first-order valence-corrected chi connectivity index (χ1v) is 4.48. The molecule has 0 aliphatic heterocycles. The number of imidazole rings is 1. The van der Waals surface area contributed by atoms with Gasteiger partial charge in [-0.2, -0.15) is 0 Å². The fourth-order valence-electron chi connectivity index (χ4n) is 1.15. The fraction of sp³-hybridized carbons (Fsp3) is 0.444. The summed E-state index contributed by atoms with van der Waals surface area (Å²) >= 11 is 0. The lowest BCUT2D eigenvalue weighted by Gasteiger charge is -2.01. The van der Waals surface area contributed by atoms with E-state index in [-0.39, 0.29) is 5.70 Å². The van der Waals surface area contributed by atoms with E-state index in [1.165, 1.54) is 13.0 Å². The summed E-state index contributed by atoms with van der Waals surface area (Å²) in [6, 6.07) is 0. The molecule has 0 fully saturated rings. The van der Waals surface area contributed by atoms with Crippen LogP contribution >= 0.6 is 0 Å². The van der Waals surface area contributed by atoms with Gasteiger partial charge >= 0.3 is 0 Å². The van der Waals surface area contributed by atoms with Crippen molar-refractivity contribution in [3.63, 3.8) is 0 Å². The Morgan fingerprint density at radius 2 is 2.50 bits per heavy atom. The molecule has 0 N–H and O–H groups in total. The molecule has 0 saturated heterocycles. The molecule has 0 aromatic carbocycles. The van der Waals surface area contributed by atoms with Crippen molar-refractivity contribution in [3.8, 4) is 0 Å². The standard InChI is InChI=1S/C9H13N3O2/c1-3-4-11-7-10-6-9(11)5-8(2)12(13)14/h5-7H,3-4H2,1-2H3. The number of aromatic nitrogens is 2. The minimum absolute atomic E-state index is 0.128. The highest BCUT2D eigenvalue weighted by molar-refractivity contribution is 5.45. The molecule has 1 aromatic heterocycles. The molecule has 0 spiro atoms. The molecular formula is C9H13N3O2. The fourth-order valence-corrected chi connectivity index (χ4v) is 1.15. The highest BCUT2D eigenvalue weighted by Crippen LogP contribution is 2.07. The smallest absolute Gasteiger partial charge is 0.245 e. The SMILES string of the molecule is CCCn1cncc1C=C(C)[N+](=O)[O-]. The van der Waals surface area contributed by atoms with Gasteiger partial charge in [-0.3, -0.25) is 10.1 Å². The second kappa shape index (κ2) is 4.55. The monoisotopic (exact) mass is 195 g/mol. The van der Waals surface area contributed by atoms with Gasteiger partial charge in [-0.05, 0) is 6.42 Å². The van der Waals surface area contributed by atoms with E-state index in [9.17, 15) is 10.1 Å². The number of hydrogen-bond donors (Lipinski definition) is 0. The molecule has 0 aliphatic carbocycles. The van der Waals surface area contributed by atoms with Crippen LogP contribution in [0.3, 0.4) is 0 Å². The second-order valence-electron chi connectivity index (χ2n) is 3.05. The van der Waals surface area contributed by atoms with Crippen molar-refractivity contribution in [1.82, 2.24) is 9.55 Å². The summed E-state index contributed by atoms with van der Waals surface area (Å²) in [5.74, 6) is 0. The Labute approximate surface area is 82.2 Å². The zero-order valence-corrected chi connectivity index (χ0v) is 8.30. The van der Waals surface area contributed by atoms with Crippen LogP contribution in [0.25, 0.3) is 6.08 Å². The summed E-state index contributed by atoms with van der Waals surface area (Å²) in [7, 11) is 0. The zero-order chi connectivity index (χ0) is 10.6. The van der Waals surface area contributed by atoms with Crippen molar-refractivity contribution in [3.05, 3.63) is 34.0 Å². The van der Waals surface area contributed by atoms with Crippen LogP contribution in [0.4, 0.5) is 0 Å². The van der Waals surface area contributed by atoms with Gasteiger partial charge in [0.25, 0.3) is 0 Å². The van der Waals surface area contributed by atoms with Gasteiger partial charge in [0, 0.05) is 19.5 Å². The van der Waals surface area contributed by atoms with Crippen LogP contribution in [0.5, 0.6) is 0 Å². The predicted molar refractivity (Wildman–Crippen MR) is 53.2 cm³/mol. The van der Waals surface area contributed by atoms with Crippen LogP contribution in [0.15, 0.2) is 18.2 Å². The first-order valence-electron chi connectivity index (χ1n) is 4.48. The maximum atomic E-state index is 10.4. The number of allylic oxidation sites excluding steroid dienone is 1. The molecule has 0 aliphatic rings. The minimum atomic E-state index is -0.400. The van der Waals surface area contributed by atoms with E-state index in [0.717, 1.165) is 18.7 Å². The van der Waals surface area contributed by atoms with Gasteiger partial charge in [0.05, 0.1) is 23.1 Å². The van der Waals surface area contributed by atoms with Crippen molar-refractivity contribution in [2.45, 2.75) is 26.8 Å². The molecule has 0 saturated carbocycles. The molecule has 76 valence electrons. The molecule has 1 heterocycles. The van der Waals surface area contributed by atoms with E-state index >= 15 is 0 Å². The Hall–Kier alpha value is -1.65. The van der Waals surface area contributed by atoms with Gasteiger partial charge in [0.15, 0.2) is 0 Å². The van der Waals surface area contributed by atoms with Crippen molar-refractivity contribution < 1.29 is 4.92 Å². The lowest BCUT2D eigenvalue weighted by molar-refractivity contribution is -0.422. The van der Waals surface area contributed by atoms with Crippen LogP contribution in [0, 0.1) is 10.1 Å². The van der Waals surface area contributed by atoms with E-state index in [0.29, 0.717) is 0 Å². The summed E-state index contributed by atoms with van der Waals surface area (Å²) in [6.45, 7) is 4.36. The van der Waals surface area contributed by atoms with E-state index in [2.05, 4.69) is 4.98 Å². The summed E-state index contributed by atoms with van der Waals surface area (Å²) in [6.07, 6.45) is 5.82. The third-order valence-electron chi connectivity index (χ3n) is 1.85. The predicted octanol–water partition coefficient (Wildman–Crippen LogP) is 1.93. The normalized spacial score (nSPS) is 11.7. The quantitative estimate of drug-likeness (QED) is 0.544. The Bertz CT molecular complexity index is 355. The topological polar surface area (TPSA) is 61.0 Å². The summed E-state index contributed by atoms with van der Waals surface area (Å²) in [4.78, 5) is 14.0. The molecule has 5 heteroatoms. The van der Waals surface area contributed by atoms with E-state index in [1.807, 2.05) is 11.5 Å². The third kappa shape index (κ3) is 2.42. The van der Waals surface area contributed by atoms with Crippen LogP contribution in [0.1, 0.15) is 26.0 Å². The second-order valence-corrected chi connectivity index (χ2v) is 3.05. The first kappa shape index (κ1) is 10.4. The lowest BCUT2D eigenvalue weighted by atomic mass is 10.3. The van der Waals surface area contributed by atoms with Gasteiger partial charge in [0.1, 0.15) is 0 Å². The maximum Gasteiger partial charge on any atom is 0.245 e. The zero-order valence-electron chi connectivity index (χ0n) is 8.30. The summed E-state index contributed by atoms with van der Waals surface area (Å²) in [5, 5.41) is 10.4. The van der Waals surface area contributed by atoms with Crippen molar-refractivity contribution in [2.75, 3.05) is 0 Å². The molecule has 5 nitrogen and oxygen atoms in total. The third-order valence-corrected chi connectivity index (χ3v) is 1.85. The molecule has 1 aromatic rings. The molecule has 0 bridgehead atoms. The largest absolute Gasteiger partial charge is 0.331 e. The highest BCUT2D eigenvalue weighted by atomic mass is 16.6. The Kier molecular flexibility index (Phi) is 3.39. The number of nitro groups is 1. The molecule has 0 radical (unpaired) electrons. The molecule has 14 heavy (non-hydrogen) atoms. The minimum Gasteiger partial charge on any atom is -0.331 e. The van der Waals surface area contributed by atoms with Gasteiger partial charge in [-0.15, -0.1) is 0 Å². The van der Waals surface area contributed by atoms with E-state index < -0.39 is 4.92 Å². The average molecular weight is 195 g/mol. The average Bonchev–Trinajstić information content (AvgIpc) is 2.53. The van der Waals surface area contributed by atoms with Crippen LogP contribution in [-0.2, 0) is 6.54 Å². The first-order chi connectivity index (χ1) is 6.65. The van der Waals surface area contributed by atoms with Gasteiger partial charge in [-0.25, -0.2) is 4.98 Å². The maximum absolute atomic E-state index is 10.4. The van der Waals surface area contributed by atoms with E-state index in [4.69, 9.17) is 0 Å². The number of hydrogen-bond acceptors (Lipinski definition) is 3. The van der Waals surface area contributed by atoms with Gasteiger partial charge in [-0.1, -0.05) is 6.92 Å². The lowest BCUT2D eigenvalue weighted by Crippen LogP contribution is -1.99. The number of aryl methyl sites for hydroxylation is 1. The Balaban J connectivity index is 2.90. The van der Waals surface area contributed by atoms with Gasteiger partial charge < -0.3 is 4.57 Å². The van der Waals surface area contributed by atoms with Crippen LogP contribution in [0.2, 0.25) is 0 Å². The van der Waals surface area contributed by atoms with Crippen molar-refractivity contribution >= 4 is 6.08 Å². The van der Waals surface area contributed by atoms with Gasteiger partial charge in [0.2, 0.25) is 5.70 Å².